The second kappa shape index (κ2) is 6.86. The van der Waals surface area contributed by atoms with E-state index in [1.165, 1.54) is 12.1 Å². The van der Waals surface area contributed by atoms with Gasteiger partial charge in [-0.15, -0.1) is 0 Å². The molecule has 2 aliphatic heterocycles. The maximum atomic E-state index is 12.3. The lowest BCUT2D eigenvalue weighted by molar-refractivity contribution is -0.123. The molecule has 128 valence electrons. The first-order chi connectivity index (χ1) is 11.4. The number of benzene rings is 1. The van der Waals surface area contributed by atoms with Gasteiger partial charge in [0.15, 0.2) is 0 Å². The molecule has 0 bridgehead atoms. The van der Waals surface area contributed by atoms with Crippen molar-refractivity contribution in [1.82, 2.24) is 16.2 Å². The first-order valence-electron chi connectivity index (χ1n) is 7.28. The van der Waals surface area contributed by atoms with Crippen molar-refractivity contribution in [3.05, 3.63) is 41.7 Å². The molecule has 24 heavy (non-hydrogen) atoms. The van der Waals surface area contributed by atoms with E-state index in [2.05, 4.69) is 21.2 Å². The number of aliphatic imine (C=N–C) groups is 1. The molecule has 2 unspecified atom stereocenters. The molecule has 0 radical (unpaired) electrons. The summed E-state index contributed by atoms with van der Waals surface area (Å²) in [5.74, 6) is -0.145. The Morgan fingerprint density at radius 3 is 2.79 bits per heavy atom. The predicted octanol–water partition coefficient (Wildman–Crippen LogP) is 2.32. The van der Waals surface area contributed by atoms with Crippen molar-refractivity contribution in [2.75, 3.05) is 0 Å². The van der Waals surface area contributed by atoms with Gasteiger partial charge >= 0.3 is 5.51 Å². The molecule has 1 saturated heterocycles. The maximum absolute atomic E-state index is 12.3. The highest BCUT2D eigenvalue weighted by Crippen LogP contribution is 2.36. The van der Waals surface area contributed by atoms with E-state index in [1.54, 1.807) is 24.5 Å². The molecular formula is C15H15F3N4OS. The van der Waals surface area contributed by atoms with Crippen LogP contribution in [0.5, 0.6) is 0 Å². The van der Waals surface area contributed by atoms with Gasteiger partial charge in [0.05, 0.1) is 5.70 Å². The molecule has 9 heteroatoms. The minimum absolute atomic E-state index is 0.0214. The van der Waals surface area contributed by atoms with Crippen molar-refractivity contribution >= 4 is 23.9 Å². The highest BCUT2D eigenvalue weighted by Gasteiger charge is 2.36. The van der Waals surface area contributed by atoms with E-state index in [0.717, 1.165) is 11.3 Å². The number of alkyl halides is 3. The number of fused-ring (bicyclic) bond motifs is 1. The first kappa shape index (κ1) is 16.8. The lowest BCUT2D eigenvalue weighted by atomic mass is 9.94. The van der Waals surface area contributed by atoms with E-state index < -0.39 is 11.6 Å². The van der Waals surface area contributed by atoms with Crippen LogP contribution >= 0.6 is 11.8 Å². The smallest absolute Gasteiger partial charge is 0.351 e. The van der Waals surface area contributed by atoms with Crippen LogP contribution in [0.3, 0.4) is 0 Å². The van der Waals surface area contributed by atoms with Crippen LogP contribution in [0.25, 0.3) is 0 Å². The molecule has 3 rings (SSSR count). The standard InChI is InChI=1S/C15H15F3N4OS/c16-15(17,18)24-10-3-1-9(2-4-10)7-20-14(23)13-11-5-6-19-8-12(11)21-22-13/h1-4,6,8,11,13,21-22H,5,7H2,(H,20,23). The molecule has 0 aromatic heterocycles. The maximum Gasteiger partial charge on any atom is 0.446 e. The molecule has 2 heterocycles. The van der Waals surface area contributed by atoms with Gasteiger partial charge in [-0.2, -0.15) is 13.2 Å². The van der Waals surface area contributed by atoms with Crippen LogP contribution in [-0.4, -0.2) is 23.7 Å². The van der Waals surface area contributed by atoms with Crippen LogP contribution in [0.4, 0.5) is 13.2 Å². The summed E-state index contributed by atoms with van der Waals surface area (Å²) in [7, 11) is 0. The fourth-order valence-corrected chi connectivity index (χ4v) is 3.13. The molecule has 3 N–H and O–H groups in total. The van der Waals surface area contributed by atoms with E-state index in [0.29, 0.717) is 6.42 Å². The quantitative estimate of drug-likeness (QED) is 0.725. The summed E-state index contributed by atoms with van der Waals surface area (Å²) in [6.07, 6.45) is 4.12. The topological polar surface area (TPSA) is 65.5 Å². The van der Waals surface area contributed by atoms with Crippen molar-refractivity contribution in [2.45, 2.75) is 29.4 Å². The molecule has 1 fully saturated rings. The Morgan fingerprint density at radius 2 is 2.08 bits per heavy atom. The number of carbonyl (C=O) groups is 1. The summed E-state index contributed by atoms with van der Waals surface area (Å²) in [5.41, 5.74) is 3.19. The van der Waals surface area contributed by atoms with Gasteiger partial charge in [0.1, 0.15) is 6.04 Å². The molecule has 0 saturated carbocycles. The molecule has 5 nitrogen and oxygen atoms in total. The van der Waals surface area contributed by atoms with Crippen LogP contribution in [0.2, 0.25) is 0 Å². The third-order valence-electron chi connectivity index (χ3n) is 3.76. The molecule has 1 amide bonds. The molecule has 1 aromatic carbocycles. The Bertz CT molecular complexity index is 672. The van der Waals surface area contributed by atoms with E-state index >= 15 is 0 Å². The van der Waals surface area contributed by atoms with Crippen LogP contribution in [0.1, 0.15) is 12.0 Å². The Balaban J connectivity index is 1.53. The number of hydrazine groups is 1. The number of nitrogens with zero attached hydrogens (tertiary/aromatic N) is 1. The molecule has 1 aromatic rings. The van der Waals surface area contributed by atoms with Crippen molar-refractivity contribution in [3.8, 4) is 0 Å². The van der Waals surface area contributed by atoms with Gasteiger partial charge in [-0.05, 0) is 35.9 Å². The SMILES string of the molecule is O=C(NCc1ccc(SC(F)(F)F)cc1)C1NNC2=CN=CCC21. The fraction of sp³-hybridized carbons (Fsp3) is 0.333. The second-order valence-electron chi connectivity index (χ2n) is 5.41. The van der Waals surface area contributed by atoms with Gasteiger partial charge in [0, 0.05) is 29.8 Å². The van der Waals surface area contributed by atoms with Gasteiger partial charge in [0.25, 0.3) is 0 Å². The Hall–Kier alpha value is -2.00. The lowest BCUT2D eigenvalue weighted by Crippen LogP contribution is -2.45. The van der Waals surface area contributed by atoms with E-state index in [-0.39, 0.29) is 35.0 Å². The second-order valence-corrected chi connectivity index (χ2v) is 6.55. The summed E-state index contributed by atoms with van der Waals surface area (Å²) in [6, 6.07) is 5.55. The van der Waals surface area contributed by atoms with Crippen molar-refractivity contribution in [2.24, 2.45) is 10.9 Å². The average Bonchev–Trinajstić information content (AvgIpc) is 2.96. The first-order valence-corrected chi connectivity index (χ1v) is 8.10. The number of carbonyl (C=O) groups excluding carboxylic acids is 1. The zero-order valence-electron chi connectivity index (χ0n) is 12.4. The Kier molecular flexibility index (Phi) is 4.81. The third kappa shape index (κ3) is 4.09. The average molecular weight is 356 g/mol. The highest BCUT2D eigenvalue weighted by atomic mass is 32.2. The number of amides is 1. The van der Waals surface area contributed by atoms with Gasteiger partial charge in [-0.3, -0.25) is 9.79 Å². The molecule has 0 aliphatic carbocycles. The van der Waals surface area contributed by atoms with Crippen molar-refractivity contribution < 1.29 is 18.0 Å². The van der Waals surface area contributed by atoms with Crippen molar-refractivity contribution in [3.63, 3.8) is 0 Å². The van der Waals surface area contributed by atoms with E-state index in [4.69, 9.17) is 0 Å². The monoisotopic (exact) mass is 356 g/mol. The number of hydrogen-bond donors (Lipinski definition) is 3. The lowest BCUT2D eigenvalue weighted by Gasteiger charge is -2.17. The van der Waals surface area contributed by atoms with Crippen LogP contribution in [-0.2, 0) is 11.3 Å². The Labute approximate surface area is 140 Å². The summed E-state index contributed by atoms with van der Waals surface area (Å²) in [6.45, 7) is 0.258. The predicted molar refractivity (Wildman–Crippen MR) is 84.9 cm³/mol. The highest BCUT2D eigenvalue weighted by molar-refractivity contribution is 8.00. The van der Waals surface area contributed by atoms with Gasteiger partial charge in [-0.25, -0.2) is 5.43 Å². The third-order valence-corrected chi connectivity index (χ3v) is 4.50. The zero-order chi connectivity index (χ0) is 17.2. The molecular weight excluding hydrogens is 341 g/mol. The largest absolute Gasteiger partial charge is 0.446 e. The Morgan fingerprint density at radius 1 is 1.33 bits per heavy atom. The van der Waals surface area contributed by atoms with Crippen LogP contribution in [0, 0.1) is 5.92 Å². The number of rotatable bonds is 4. The van der Waals surface area contributed by atoms with E-state index in [1.807, 2.05) is 0 Å². The van der Waals surface area contributed by atoms with Crippen LogP contribution in [0.15, 0.2) is 46.1 Å². The number of nitrogens with one attached hydrogen (secondary N) is 3. The normalized spacial score (nSPS) is 22.5. The zero-order valence-corrected chi connectivity index (χ0v) is 13.2. The van der Waals surface area contributed by atoms with Gasteiger partial charge in [0.2, 0.25) is 5.91 Å². The number of thioether (sulfide) groups is 1. The molecule has 2 aliphatic rings. The van der Waals surface area contributed by atoms with Crippen molar-refractivity contribution in [1.29, 1.82) is 0 Å². The number of hydrogen-bond acceptors (Lipinski definition) is 5. The fourth-order valence-electron chi connectivity index (χ4n) is 2.59. The summed E-state index contributed by atoms with van der Waals surface area (Å²) < 4.78 is 36.9. The van der Waals surface area contributed by atoms with E-state index in [9.17, 15) is 18.0 Å². The molecule has 0 spiro atoms. The summed E-state index contributed by atoms with van der Waals surface area (Å²) in [4.78, 5) is 16.4. The van der Waals surface area contributed by atoms with Gasteiger partial charge < -0.3 is 10.7 Å². The van der Waals surface area contributed by atoms with Crippen LogP contribution < -0.4 is 16.2 Å². The number of halogens is 3. The van der Waals surface area contributed by atoms with Gasteiger partial charge in [-0.1, -0.05) is 12.1 Å². The minimum Gasteiger partial charge on any atom is -0.351 e. The minimum atomic E-state index is -4.30. The summed E-state index contributed by atoms with van der Waals surface area (Å²) >= 11 is -0.158. The summed E-state index contributed by atoms with van der Waals surface area (Å²) in [5, 5.41) is 2.80. The molecule has 2 atom stereocenters.